The number of carbonyl (C=O) groups is 1. The Kier molecular flexibility index (Phi) is 3.34. The summed E-state index contributed by atoms with van der Waals surface area (Å²) in [5.41, 5.74) is -0.212. The van der Waals surface area contributed by atoms with E-state index < -0.39 is 10.3 Å². The quantitative estimate of drug-likeness (QED) is 0.671. The first-order valence-corrected chi connectivity index (χ1v) is 4.34. The van der Waals surface area contributed by atoms with Gasteiger partial charge in [0.2, 0.25) is 5.88 Å². The second-order valence-corrected chi connectivity index (χ2v) is 2.90. The van der Waals surface area contributed by atoms with Crippen LogP contribution in [0.5, 0.6) is 5.88 Å². The fraction of sp³-hybridized carbons (Fsp3) is 0.167. The minimum absolute atomic E-state index is 0.0492. The number of nitrogens with zero attached hydrogens (tertiary/aromatic N) is 2. The van der Waals surface area contributed by atoms with Gasteiger partial charge in [0, 0.05) is 22.6 Å². The number of aromatic carboxylic acids is 1. The number of carboxylic acid groups (broad SMARTS) is 1. The average Bonchev–Trinajstić information content (AvgIpc) is 2.04. The molecule has 0 aromatic carbocycles. The number of rotatable bonds is 3. The number of carboxylic acids is 1. The SMILES string of the molecule is O=C(O)c1cnc(OC(F)I)cn1. The van der Waals surface area contributed by atoms with Crippen molar-refractivity contribution in [2.45, 2.75) is 4.36 Å². The first-order valence-electron chi connectivity index (χ1n) is 3.09. The van der Waals surface area contributed by atoms with Crippen molar-refractivity contribution in [2.75, 3.05) is 0 Å². The van der Waals surface area contributed by atoms with Crippen molar-refractivity contribution in [2.24, 2.45) is 0 Å². The highest BCUT2D eigenvalue weighted by Crippen LogP contribution is 2.11. The van der Waals surface area contributed by atoms with Crippen LogP contribution < -0.4 is 4.74 Å². The van der Waals surface area contributed by atoms with Crippen LogP contribution in [0.1, 0.15) is 10.5 Å². The molecule has 0 spiro atoms. The summed E-state index contributed by atoms with van der Waals surface area (Å²) < 4.78 is 15.2. The topological polar surface area (TPSA) is 72.3 Å². The van der Waals surface area contributed by atoms with Gasteiger partial charge in [-0.3, -0.25) is 0 Å². The summed E-state index contributed by atoms with van der Waals surface area (Å²) in [5, 5.41) is 8.44. The highest BCUT2D eigenvalue weighted by Gasteiger charge is 2.07. The predicted molar refractivity (Wildman–Crippen MR) is 48.5 cm³/mol. The third-order valence-corrected chi connectivity index (χ3v) is 1.31. The third-order valence-electron chi connectivity index (χ3n) is 1.06. The van der Waals surface area contributed by atoms with Gasteiger partial charge in [-0.2, -0.15) is 4.39 Å². The number of halogens is 2. The summed E-state index contributed by atoms with van der Waals surface area (Å²) in [6, 6.07) is 0. The lowest BCUT2D eigenvalue weighted by Gasteiger charge is -2.02. The largest absolute Gasteiger partial charge is 0.476 e. The highest BCUT2D eigenvalue weighted by atomic mass is 127. The van der Waals surface area contributed by atoms with Crippen molar-refractivity contribution >= 4 is 28.6 Å². The lowest BCUT2D eigenvalue weighted by Crippen LogP contribution is -2.05. The number of alkyl halides is 2. The van der Waals surface area contributed by atoms with Crippen LogP contribution in [0.25, 0.3) is 0 Å². The molecule has 1 aromatic rings. The van der Waals surface area contributed by atoms with Crippen LogP contribution >= 0.6 is 22.6 Å². The first kappa shape index (κ1) is 10.1. The van der Waals surface area contributed by atoms with E-state index in [2.05, 4.69) is 14.7 Å². The molecule has 0 fully saturated rings. The highest BCUT2D eigenvalue weighted by molar-refractivity contribution is 14.1. The van der Waals surface area contributed by atoms with E-state index in [9.17, 15) is 9.18 Å². The Bertz CT molecular complexity index is 303. The maximum Gasteiger partial charge on any atom is 0.356 e. The number of hydrogen-bond donors (Lipinski definition) is 1. The van der Waals surface area contributed by atoms with E-state index in [1.165, 1.54) is 22.6 Å². The van der Waals surface area contributed by atoms with Gasteiger partial charge in [0.15, 0.2) is 5.69 Å². The summed E-state index contributed by atoms with van der Waals surface area (Å²) in [6.45, 7) is 0. The molecular formula is C6H4FIN2O3. The molecule has 0 saturated heterocycles. The third kappa shape index (κ3) is 3.09. The minimum atomic E-state index is -1.53. The number of hydrogen-bond acceptors (Lipinski definition) is 4. The Morgan fingerprint density at radius 1 is 1.62 bits per heavy atom. The van der Waals surface area contributed by atoms with Crippen molar-refractivity contribution in [3.63, 3.8) is 0 Å². The fourth-order valence-corrected chi connectivity index (χ4v) is 0.839. The van der Waals surface area contributed by atoms with Crippen molar-refractivity contribution in [1.29, 1.82) is 0 Å². The molecule has 7 heteroatoms. The fourth-order valence-electron chi connectivity index (χ4n) is 0.579. The Labute approximate surface area is 86.1 Å². The van der Waals surface area contributed by atoms with Crippen LogP contribution in [-0.4, -0.2) is 25.4 Å². The monoisotopic (exact) mass is 298 g/mol. The normalized spacial score (nSPS) is 12.2. The van der Waals surface area contributed by atoms with E-state index >= 15 is 0 Å². The van der Waals surface area contributed by atoms with E-state index in [-0.39, 0.29) is 11.6 Å². The summed E-state index contributed by atoms with van der Waals surface area (Å²) in [4.78, 5) is 17.3. The van der Waals surface area contributed by atoms with E-state index in [1.54, 1.807) is 0 Å². The van der Waals surface area contributed by atoms with Crippen LogP contribution in [-0.2, 0) is 0 Å². The van der Waals surface area contributed by atoms with E-state index in [0.717, 1.165) is 12.4 Å². The molecule has 1 N–H and O–H groups in total. The molecule has 0 radical (unpaired) electrons. The Morgan fingerprint density at radius 3 is 2.69 bits per heavy atom. The van der Waals surface area contributed by atoms with Crippen molar-refractivity contribution in [3.05, 3.63) is 18.1 Å². The van der Waals surface area contributed by atoms with Gasteiger partial charge in [0.1, 0.15) is 0 Å². The molecule has 13 heavy (non-hydrogen) atoms. The zero-order valence-corrected chi connectivity index (χ0v) is 8.30. The first-order chi connectivity index (χ1) is 6.09. The summed E-state index contributed by atoms with van der Waals surface area (Å²) in [7, 11) is 0. The Morgan fingerprint density at radius 2 is 2.31 bits per heavy atom. The zero-order valence-electron chi connectivity index (χ0n) is 6.15. The van der Waals surface area contributed by atoms with Gasteiger partial charge in [0.25, 0.3) is 4.36 Å². The molecule has 1 heterocycles. The molecule has 0 amide bonds. The molecule has 0 bridgehead atoms. The standard InChI is InChI=1S/C6H4FIN2O3/c7-6(8)13-4-2-9-3(1-10-4)5(11)12/h1-2,6H,(H,11,12). The van der Waals surface area contributed by atoms with Gasteiger partial charge in [-0.15, -0.1) is 0 Å². The Hall–Kier alpha value is -0.990. The second kappa shape index (κ2) is 4.30. The van der Waals surface area contributed by atoms with Crippen LogP contribution in [0.3, 0.4) is 0 Å². The van der Waals surface area contributed by atoms with Gasteiger partial charge in [-0.25, -0.2) is 14.8 Å². The molecule has 70 valence electrons. The van der Waals surface area contributed by atoms with Crippen LogP contribution in [0.4, 0.5) is 4.39 Å². The predicted octanol–water partition coefficient (Wildman–Crippen LogP) is 1.24. The lowest BCUT2D eigenvalue weighted by molar-refractivity contribution is 0.0689. The van der Waals surface area contributed by atoms with Crippen LogP contribution in [0, 0.1) is 0 Å². The number of aromatic nitrogens is 2. The molecule has 0 saturated carbocycles. The second-order valence-electron chi connectivity index (χ2n) is 1.92. The van der Waals surface area contributed by atoms with E-state index in [4.69, 9.17) is 5.11 Å². The zero-order chi connectivity index (χ0) is 9.84. The molecular weight excluding hydrogens is 294 g/mol. The minimum Gasteiger partial charge on any atom is -0.476 e. The van der Waals surface area contributed by atoms with Gasteiger partial charge in [-0.05, 0) is 0 Å². The van der Waals surface area contributed by atoms with Crippen LogP contribution in [0.15, 0.2) is 12.4 Å². The van der Waals surface area contributed by atoms with E-state index in [1.807, 2.05) is 0 Å². The molecule has 0 aliphatic carbocycles. The average molecular weight is 298 g/mol. The van der Waals surface area contributed by atoms with Crippen molar-refractivity contribution in [1.82, 2.24) is 9.97 Å². The molecule has 1 rings (SSSR count). The molecule has 0 aliphatic heterocycles. The van der Waals surface area contributed by atoms with Gasteiger partial charge >= 0.3 is 5.97 Å². The maximum atomic E-state index is 12.2. The van der Waals surface area contributed by atoms with Crippen LogP contribution in [0.2, 0.25) is 0 Å². The molecule has 1 aromatic heterocycles. The molecule has 0 aliphatic rings. The number of ether oxygens (including phenoxy) is 1. The summed E-state index contributed by atoms with van der Waals surface area (Å²) in [6.07, 6.45) is 2.05. The summed E-state index contributed by atoms with van der Waals surface area (Å²) >= 11 is 1.40. The summed E-state index contributed by atoms with van der Waals surface area (Å²) in [5.74, 6) is -1.24. The van der Waals surface area contributed by atoms with Gasteiger partial charge in [0.05, 0.1) is 12.4 Å². The smallest absolute Gasteiger partial charge is 0.356 e. The van der Waals surface area contributed by atoms with E-state index in [0.29, 0.717) is 0 Å². The maximum absolute atomic E-state index is 12.2. The van der Waals surface area contributed by atoms with Crippen molar-refractivity contribution in [3.8, 4) is 5.88 Å². The molecule has 5 nitrogen and oxygen atoms in total. The van der Waals surface area contributed by atoms with Gasteiger partial charge < -0.3 is 9.84 Å². The molecule has 1 unspecified atom stereocenters. The Balaban J connectivity index is 2.75. The lowest BCUT2D eigenvalue weighted by atomic mass is 10.5. The van der Waals surface area contributed by atoms with Gasteiger partial charge in [-0.1, -0.05) is 0 Å². The molecule has 1 atom stereocenters. The van der Waals surface area contributed by atoms with Crippen molar-refractivity contribution < 1.29 is 19.0 Å².